The summed E-state index contributed by atoms with van der Waals surface area (Å²) in [6.45, 7) is 4.32. The molecule has 1 aliphatic rings. The molecule has 6 heteroatoms. The third-order valence-corrected chi connectivity index (χ3v) is 5.95. The molecule has 1 saturated heterocycles. The number of β-amino-alcohol motifs (C(OH)–C–C–N with tert-alkyl or cyclic N) is 1. The molecule has 2 aromatic heterocycles. The molecule has 0 radical (unpaired) electrons. The molecule has 1 aromatic carbocycles. The Kier molecular flexibility index (Phi) is 5.17. The van der Waals surface area contributed by atoms with E-state index in [2.05, 4.69) is 35.1 Å². The van der Waals surface area contributed by atoms with Gasteiger partial charge in [0.05, 0.1) is 17.3 Å². The van der Waals surface area contributed by atoms with E-state index >= 15 is 0 Å². The first-order chi connectivity index (χ1) is 13.0. The average molecular weight is 385 g/mol. The number of para-hydroxylation sites is 1. The van der Waals surface area contributed by atoms with E-state index < -0.39 is 0 Å². The van der Waals surface area contributed by atoms with Crippen molar-refractivity contribution in [1.29, 1.82) is 0 Å². The molecule has 0 amide bonds. The van der Waals surface area contributed by atoms with Crippen LogP contribution in [-0.2, 0) is 26.4 Å². The van der Waals surface area contributed by atoms with E-state index in [1.54, 1.807) is 4.68 Å². The SMILES string of the molecule is CCc1nn(C)c(Cl)c1CN1C[C@@H](Cc2ccc3ccccc3n2)[C@H](O)C1. The van der Waals surface area contributed by atoms with Crippen molar-refractivity contribution in [1.82, 2.24) is 19.7 Å². The van der Waals surface area contributed by atoms with Gasteiger partial charge >= 0.3 is 0 Å². The molecule has 1 fully saturated rings. The first-order valence-corrected chi connectivity index (χ1v) is 9.88. The van der Waals surface area contributed by atoms with Crippen LogP contribution in [0, 0.1) is 5.92 Å². The molecule has 3 aromatic rings. The smallest absolute Gasteiger partial charge is 0.131 e. The van der Waals surface area contributed by atoms with Gasteiger partial charge in [0.15, 0.2) is 0 Å². The largest absolute Gasteiger partial charge is 0.391 e. The highest BCUT2D eigenvalue weighted by atomic mass is 35.5. The van der Waals surface area contributed by atoms with Gasteiger partial charge in [-0.1, -0.05) is 42.8 Å². The second-order valence-corrected chi connectivity index (χ2v) is 7.77. The fraction of sp³-hybridized carbons (Fsp3) is 0.429. The Bertz CT molecular complexity index is 955. The monoisotopic (exact) mass is 384 g/mol. The van der Waals surface area contributed by atoms with Crippen LogP contribution in [0.3, 0.4) is 0 Å². The second-order valence-electron chi connectivity index (χ2n) is 7.41. The van der Waals surface area contributed by atoms with Gasteiger partial charge in [-0.05, 0) is 25.0 Å². The van der Waals surface area contributed by atoms with E-state index in [1.165, 1.54) is 0 Å². The predicted molar refractivity (Wildman–Crippen MR) is 108 cm³/mol. The van der Waals surface area contributed by atoms with E-state index in [1.807, 2.05) is 25.2 Å². The van der Waals surface area contributed by atoms with Crippen molar-refractivity contribution >= 4 is 22.5 Å². The second kappa shape index (κ2) is 7.58. The molecule has 0 aliphatic carbocycles. The molecule has 0 unspecified atom stereocenters. The lowest BCUT2D eigenvalue weighted by molar-refractivity contribution is 0.140. The van der Waals surface area contributed by atoms with Crippen molar-refractivity contribution in [3.05, 3.63) is 58.5 Å². The minimum Gasteiger partial charge on any atom is -0.391 e. The minimum absolute atomic E-state index is 0.180. The maximum atomic E-state index is 10.6. The zero-order chi connectivity index (χ0) is 19.0. The Balaban J connectivity index is 1.46. The Labute approximate surface area is 164 Å². The lowest BCUT2D eigenvalue weighted by Gasteiger charge is -2.16. The van der Waals surface area contributed by atoms with Gasteiger partial charge in [0.1, 0.15) is 5.15 Å². The number of likely N-dealkylation sites (tertiary alicyclic amines) is 1. The number of rotatable bonds is 5. The lowest BCUT2D eigenvalue weighted by Crippen LogP contribution is -2.22. The zero-order valence-corrected chi connectivity index (χ0v) is 16.5. The van der Waals surface area contributed by atoms with Gasteiger partial charge in [-0.2, -0.15) is 5.10 Å². The maximum absolute atomic E-state index is 10.6. The highest BCUT2D eigenvalue weighted by molar-refractivity contribution is 6.30. The van der Waals surface area contributed by atoms with Crippen LogP contribution in [0.1, 0.15) is 23.9 Å². The number of halogens is 1. The number of aliphatic hydroxyl groups excluding tert-OH is 1. The molecule has 142 valence electrons. The van der Waals surface area contributed by atoms with Crippen LogP contribution >= 0.6 is 11.6 Å². The summed E-state index contributed by atoms with van der Waals surface area (Å²) in [5, 5.41) is 16.9. The normalized spacial score (nSPS) is 20.6. The van der Waals surface area contributed by atoms with E-state index in [0.29, 0.717) is 11.7 Å². The topological polar surface area (TPSA) is 54.2 Å². The van der Waals surface area contributed by atoms with Crippen LogP contribution in [0.15, 0.2) is 36.4 Å². The molecule has 2 atom stereocenters. The number of hydrogen-bond donors (Lipinski definition) is 1. The highest BCUT2D eigenvalue weighted by Crippen LogP contribution is 2.27. The van der Waals surface area contributed by atoms with Gasteiger partial charge in [0, 0.05) is 49.2 Å². The van der Waals surface area contributed by atoms with Crippen LogP contribution in [0.4, 0.5) is 0 Å². The first-order valence-electron chi connectivity index (χ1n) is 9.50. The maximum Gasteiger partial charge on any atom is 0.131 e. The van der Waals surface area contributed by atoms with Crippen molar-refractivity contribution in [2.24, 2.45) is 13.0 Å². The molecule has 3 heterocycles. The summed E-state index contributed by atoms with van der Waals surface area (Å²) in [4.78, 5) is 7.04. The molecular weight excluding hydrogens is 360 g/mol. The van der Waals surface area contributed by atoms with Gasteiger partial charge in [-0.15, -0.1) is 0 Å². The summed E-state index contributed by atoms with van der Waals surface area (Å²) in [5.74, 6) is 0.180. The summed E-state index contributed by atoms with van der Waals surface area (Å²) in [5.41, 5.74) is 4.16. The zero-order valence-electron chi connectivity index (χ0n) is 15.8. The van der Waals surface area contributed by atoms with Gasteiger partial charge in [-0.25, -0.2) is 0 Å². The van der Waals surface area contributed by atoms with Gasteiger partial charge in [0.25, 0.3) is 0 Å². The Morgan fingerprint density at radius 3 is 2.81 bits per heavy atom. The summed E-state index contributed by atoms with van der Waals surface area (Å²) in [6, 6.07) is 12.3. The molecule has 27 heavy (non-hydrogen) atoms. The molecule has 0 saturated carbocycles. The fourth-order valence-electron chi connectivity index (χ4n) is 4.03. The summed E-state index contributed by atoms with van der Waals surface area (Å²) < 4.78 is 1.73. The minimum atomic E-state index is -0.348. The molecule has 1 N–H and O–H groups in total. The summed E-state index contributed by atoms with van der Waals surface area (Å²) >= 11 is 6.43. The van der Waals surface area contributed by atoms with Crippen molar-refractivity contribution in [3.63, 3.8) is 0 Å². The van der Waals surface area contributed by atoms with Crippen LogP contribution < -0.4 is 0 Å². The fourth-order valence-corrected chi connectivity index (χ4v) is 4.23. The summed E-state index contributed by atoms with van der Waals surface area (Å²) in [7, 11) is 1.87. The number of hydrogen-bond acceptors (Lipinski definition) is 4. The molecule has 1 aliphatic heterocycles. The number of aryl methyl sites for hydroxylation is 2. The number of aromatic nitrogens is 3. The molecule has 4 rings (SSSR count). The van der Waals surface area contributed by atoms with Crippen LogP contribution in [0.25, 0.3) is 10.9 Å². The van der Waals surface area contributed by atoms with Crippen molar-refractivity contribution in [3.8, 4) is 0 Å². The number of pyridine rings is 1. The lowest BCUT2D eigenvalue weighted by atomic mass is 9.99. The summed E-state index contributed by atoms with van der Waals surface area (Å²) in [6.07, 6.45) is 1.29. The van der Waals surface area contributed by atoms with Gasteiger partial charge < -0.3 is 5.11 Å². The van der Waals surface area contributed by atoms with Crippen LogP contribution in [0.2, 0.25) is 5.15 Å². The average Bonchev–Trinajstić information content (AvgIpc) is 3.15. The molecule has 0 bridgehead atoms. The van der Waals surface area contributed by atoms with Crippen LogP contribution in [-0.4, -0.2) is 44.0 Å². The third-order valence-electron chi connectivity index (χ3n) is 5.48. The van der Waals surface area contributed by atoms with E-state index in [0.717, 1.165) is 53.8 Å². The Hall–Kier alpha value is -1.95. The van der Waals surface area contributed by atoms with E-state index in [9.17, 15) is 5.11 Å². The Morgan fingerprint density at radius 1 is 1.19 bits per heavy atom. The number of benzene rings is 1. The van der Waals surface area contributed by atoms with E-state index in [4.69, 9.17) is 16.6 Å². The van der Waals surface area contributed by atoms with Crippen molar-refractivity contribution in [2.45, 2.75) is 32.4 Å². The number of fused-ring (bicyclic) bond motifs is 1. The van der Waals surface area contributed by atoms with Gasteiger partial charge in [-0.3, -0.25) is 14.6 Å². The number of aliphatic hydroxyl groups is 1. The predicted octanol–water partition coefficient (Wildman–Crippen LogP) is 3.22. The van der Waals surface area contributed by atoms with Crippen LogP contribution in [0.5, 0.6) is 0 Å². The standard InChI is InChI=1S/C21H25ClN4O/c1-3-18-17(21(22)25(2)24-18)12-26-11-15(20(27)13-26)10-16-9-8-14-6-4-5-7-19(14)23-16/h4-9,15,20,27H,3,10-13H2,1-2H3/t15-,20-/m1/s1. The Morgan fingerprint density at radius 2 is 2.00 bits per heavy atom. The van der Waals surface area contributed by atoms with Gasteiger partial charge in [0.2, 0.25) is 0 Å². The first kappa shape index (κ1) is 18.4. The van der Waals surface area contributed by atoms with Crippen molar-refractivity contribution < 1.29 is 5.11 Å². The molecular formula is C21H25ClN4O. The quantitative estimate of drug-likeness (QED) is 0.733. The molecule has 0 spiro atoms. The highest BCUT2D eigenvalue weighted by Gasteiger charge is 2.32. The number of nitrogens with zero attached hydrogens (tertiary/aromatic N) is 4. The molecule has 5 nitrogen and oxygen atoms in total. The van der Waals surface area contributed by atoms with Crippen molar-refractivity contribution in [2.75, 3.05) is 13.1 Å². The third kappa shape index (κ3) is 3.72. The van der Waals surface area contributed by atoms with E-state index in [-0.39, 0.29) is 12.0 Å².